The van der Waals surface area contributed by atoms with Gasteiger partial charge in [0.1, 0.15) is 0 Å². The van der Waals surface area contributed by atoms with E-state index in [4.69, 9.17) is 0 Å². The number of benzene rings is 1. The molecule has 0 amide bonds. The summed E-state index contributed by atoms with van der Waals surface area (Å²) in [6.07, 6.45) is 4.08. The van der Waals surface area contributed by atoms with Crippen molar-refractivity contribution in [1.29, 1.82) is 0 Å². The fraction of sp³-hybridized carbons (Fsp3) is 0.429. The third-order valence-corrected chi connectivity index (χ3v) is 3.53. The first kappa shape index (κ1) is 11.4. The van der Waals surface area contributed by atoms with Gasteiger partial charge in [0, 0.05) is 22.9 Å². The Morgan fingerprint density at radius 2 is 2.22 bits per heavy atom. The second-order valence-corrected chi connectivity index (χ2v) is 5.00. The van der Waals surface area contributed by atoms with Crippen LogP contribution in [-0.4, -0.2) is 28.8 Å². The van der Waals surface area contributed by atoms with Crippen molar-refractivity contribution >= 4 is 16.6 Å². The van der Waals surface area contributed by atoms with Crippen LogP contribution < -0.4 is 10.6 Å². The molecule has 1 aliphatic rings. The van der Waals surface area contributed by atoms with Gasteiger partial charge >= 0.3 is 0 Å². The van der Waals surface area contributed by atoms with Gasteiger partial charge in [0.05, 0.1) is 6.20 Å². The van der Waals surface area contributed by atoms with Gasteiger partial charge in [-0.1, -0.05) is 24.3 Å². The molecule has 1 aromatic carbocycles. The molecule has 18 heavy (non-hydrogen) atoms. The molecule has 2 atom stereocenters. The molecule has 0 radical (unpaired) electrons. The summed E-state index contributed by atoms with van der Waals surface area (Å²) in [4.78, 5) is 0. The van der Waals surface area contributed by atoms with Gasteiger partial charge in [0.15, 0.2) is 5.82 Å². The molecule has 0 saturated carbocycles. The summed E-state index contributed by atoms with van der Waals surface area (Å²) in [5.74, 6) is 0.909. The van der Waals surface area contributed by atoms with Crippen molar-refractivity contribution in [3.05, 3.63) is 30.5 Å². The molecular formula is C14H18N4. The van der Waals surface area contributed by atoms with Gasteiger partial charge in [-0.25, -0.2) is 0 Å². The minimum absolute atomic E-state index is 0.487. The SMILES string of the molecule is CC1CC(Nc2nncc3ccccc23)CCN1. The van der Waals surface area contributed by atoms with E-state index in [1.165, 1.54) is 0 Å². The van der Waals surface area contributed by atoms with Crippen molar-refractivity contribution < 1.29 is 0 Å². The van der Waals surface area contributed by atoms with Crippen molar-refractivity contribution in [3.63, 3.8) is 0 Å². The zero-order valence-electron chi connectivity index (χ0n) is 10.6. The Balaban J connectivity index is 1.86. The van der Waals surface area contributed by atoms with Gasteiger partial charge in [-0.2, -0.15) is 5.10 Å². The van der Waals surface area contributed by atoms with Gasteiger partial charge in [-0.15, -0.1) is 5.10 Å². The number of nitrogens with zero attached hydrogens (tertiary/aromatic N) is 2. The molecule has 4 heteroatoms. The lowest BCUT2D eigenvalue weighted by Crippen LogP contribution is -2.41. The van der Waals surface area contributed by atoms with Gasteiger partial charge in [-0.3, -0.25) is 0 Å². The summed E-state index contributed by atoms with van der Waals surface area (Å²) >= 11 is 0. The highest BCUT2D eigenvalue weighted by Crippen LogP contribution is 2.22. The van der Waals surface area contributed by atoms with Crippen LogP contribution in [0, 0.1) is 0 Å². The van der Waals surface area contributed by atoms with Gasteiger partial charge in [0.2, 0.25) is 0 Å². The lowest BCUT2D eigenvalue weighted by atomic mass is 10.0. The first-order valence-corrected chi connectivity index (χ1v) is 6.53. The largest absolute Gasteiger partial charge is 0.365 e. The van der Waals surface area contributed by atoms with Crippen LogP contribution >= 0.6 is 0 Å². The molecule has 1 fully saturated rings. The summed E-state index contributed by atoms with van der Waals surface area (Å²) < 4.78 is 0. The molecule has 0 aliphatic carbocycles. The molecule has 1 aromatic heterocycles. The van der Waals surface area contributed by atoms with Crippen molar-refractivity contribution in [2.24, 2.45) is 0 Å². The Morgan fingerprint density at radius 3 is 3.11 bits per heavy atom. The topological polar surface area (TPSA) is 49.8 Å². The fourth-order valence-electron chi connectivity index (χ4n) is 2.59. The number of aromatic nitrogens is 2. The van der Waals surface area contributed by atoms with E-state index in [1.807, 2.05) is 18.3 Å². The van der Waals surface area contributed by atoms with Gasteiger partial charge in [-0.05, 0) is 26.3 Å². The molecule has 0 spiro atoms. The smallest absolute Gasteiger partial charge is 0.156 e. The number of anilines is 1. The highest BCUT2D eigenvalue weighted by atomic mass is 15.2. The van der Waals surface area contributed by atoms with Crippen molar-refractivity contribution in [2.75, 3.05) is 11.9 Å². The van der Waals surface area contributed by atoms with Crippen molar-refractivity contribution in [3.8, 4) is 0 Å². The summed E-state index contributed by atoms with van der Waals surface area (Å²) in [5.41, 5.74) is 0. The molecule has 0 bridgehead atoms. The normalized spacial score (nSPS) is 24.1. The highest BCUT2D eigenvalue weighted by Gasteiger charge is 2.19. The van der Waals surface area contributed by atoms with Crippen LogP contribution in [0.4, 0.5) is 5.82 Å². The van der Waals surface area contributed by atoms with E-state index in [2.05, 4.69) is 39.9 Å². The molecule has 2 aromatic rings. The van der Waals surface area contributed by atoms with Crippen LogP contribution in [-0.2, 0) is 0 Å². The van der Waals surface area contributed by atoms with E-state index < -0.39 is 0 Å². The van der Waals surface area contributed by atoms with Crippen LogP contribution in [0.25, 0.3) is 10.8 Å². The zero-order valence-corrected chi connectivity index (χ0v) is 10.6. The Morgan fingerprint density at radius 1 is 1.33 bits per heavy atom. The lowest BCUT2D eigenvalue weighted by Gasteiger charge is -2.29. The average Bonchev–Trinajstić information content (AvgIpc) is 2.39. The van der Waals surface area contributed by atoms with Crippen molar-refractivity contribution in [1.82, 2.24) is 15.5 Å². The van der Waals surface area contributed by atoms with Gasteiger partial charge in [0.25, 0.3) is 0 Å². The Bertz CT molecular complexity index is 535. The summed E-state index contributed by atoms with van der Waals surface area (Å²) in [5, 5.41) is 17.6. The first-order chi connectivity index (χ1) is 8.83. The molecule has 2 unspecified atom stereocenters. The third-order valence-electron chi connectivity index (χ3n) is 3.53. The highest BCUT2D eigenvalue weighted by molar-refractivity contribution is 5.90. The predicted molar refractivity (Wildman–Crippen MR) is 73.6 cm³/mol. The van der Waals surface area contributed by atoms with Crippen LogP contribution in [0.3, 0.4) is 0 Å². The molecule has 3 rings (SSSR count). The van der Waals surface area contributed by atoms with Gasteiger partial charge < -0.3 is 10.6 Å². The van der Waals surface area contributed by atoms with E-state index in [0.717, 1.165) is 36.0 Å². The predicted octanol–water partition coefficient (Wildman–Crippen LogP) is 2.18. The third kappa shape index (κ3) is 2.29. The van der Waals surface area contributed by atoms with Crippen LogP contribution in [0.15, 0.2) is 30.5 Å². The summed E-state index contributed by atoms with van der Waals surface area (Å²) in [6, 6.07) is 9.29. The molecule has 94 valence electrons. The Kier molecular flexibility index (Phi) is 3.11. The maximum absolute atomic E-state index is 4.24. The molecule has 2 heterocycles. The second kappa shape index (κ2) is 4.90. The zero-order chi connectivity index (χ0) is 12.4. The number of rotatable bonds is 2. The van der Waals surface area contributed by atoms with Crippen LogP contribution in [0.2, 0.25) is 0 Å². The fourth-order valence-corrected chi connectivity index (χ4v) is 2.59. The molecule has 1 aliphatic heterocycles. The molecule has 4 nitrogen and oxygen atoms in total. The standard InChI is InChI=1S/C14H18N4/c1-10-8-12(6-7-15-10)17-14-13-5-3-2-4-11(13)9-16-18-14/h2-5,9-10,12,15H,6-8H2,1H3,(H,17,18). The van der Waals surface area contributed by atoms with Crippen LogP contribution in [0.1, 0.15) is 19.8 Å². The van der Waals surface area contributed by atoms with Crippen LogP contribution in [0.5, 0.6) is 0 Å². The average molecular weight is 242 g/mol. The minimum atomic E-state index is 0.487. The number of hydrogen-bond acceptors (Lipinski definition) is 4. The van der Waals surface area contributed by atoms with E-state index in [9.17, 15) is 0 Å². The number of piperidine rings is 1. The summed E-state index contributed by atoms with van der Waals surface area (Å²) in [7, 11) is 0. The molecule has 2 N–H and O–H groups in total. The molecular weight excluding hydrogens is 224 g/mol. The monoisotopic (exact) mass is 242 g/mol. The molecule has 1 saturated heterocycles. The Hall–Kier alpha value is -1.68. The lowest BCUT2D eigenvalue weighted by molar-refractivity contribution is 0.396. The quantitative estimate of drug-likeness (QED) is 0.847. The second-order valence-electron chi connectivity index (χ2n) is 5.00. The number of hydrogen-bond donors (Lipinski definition) is 2. The number of nitrogens with one attached hydrogen (secondary N) is 2. The maximum Gasteiger partial charge on any atom is 0.156 e. The first-order valence-electron chi connectivity index (χ1n) is 6.53. The van der Waals surface area contributed by atoms with E-state index >= 15 is 0 Å². The van der Waals surface area contributed by atoms with E-state index in [0.29, 0.717) is 12.1 Å². The van der Waals surface area contributed by atoms with E-state index in [1.54, 1.807) is 0 Å². The van der Waals surface area contributed by atoms with E-state index in [-0.39, 0.29) is 0 Å². The Labute approximate surface area is 107 Å². The van der Waals surface area contributed by atoms with Crippen molar-refractivity contribution in [2.45, 2.75) is 31.8 Å². The minimum Gasteiger partial charge on any atom is -0.365 e. The summed E-state index contributed by atoms with van der Waals surface area (Å²) in [6.45, 7) is 3.29. The maximum atomic E-state index is 4.24. The number of fused-ring (bicyclic) bond motifs is 1.